The van der Waals surface area contributed by atoms with Crippen LogP contribution in [0.3, 0.4) is 0 Å². The van der Waals surface area contributed by atoms with Crippen LogP contribution in [-0.2, 0) is 17.4 Å². The number of aryl methyl sites for hydroxylation is 1. The molecule has 1 aliphatic carbocycles. The Morgan fingerprint density at radius 2 is 1.87 bits per heavy atom. The van der Waals surface area contributed by atoms with Gasteiger partial charge in [0.1, 0.15) is 5.56 Å². The van der Waals surface area contributed by atoms with Crippen LogP contribution in [0, 0.1) is 0 Å². The quantitative estimate of drug-likeness (QED) is 0.520. The number of amides is 2. The third-order valence-electron chi connectivity index (χ3n) is 4.77. The summed E-state index contributed by atoms with van der Waals surface area (Å²) in [5.74, 6) is -3.19. The molecule has 1 atom stereocenters. The number of nitrogens with two attached hydrogens (primary N) is 1. The highest BCUT2D eigenvalue weighted by Gasteiger charge is 2.30. The molecule has 3 rings (SSSR count). The van der Waals surface area contributed by atoms with Gasteiger partial charge in [0.2, 0.25) is 0 Å². The average molecular weight is 423 g/mol. The molecule has 30 heavy (non-hydrogen) atoms. The van der Waals surface area contributed by atoms with Crippen molar-refractivity contribution in [2.24, 2.45) is 5.73 Å². The van der Waals surface area contributed by atoms with E-state index in [1.54, 1.807) is 0 Å². The Morgan fingerprint density at radius 1 is 1.20 bits per heavy atom. The summed E-state index contributed by atoms with van der Waals surface area (Å²) < 4.78 is 52.1. The predicted octanol–water partition coefficient (Wildman–Crippen LogP) is 3.00. The van der Waals surface area contributed by atoms with E-state index in [9.17, 15) is 31.9 Å². The summed E-state index contributed by atoms with van der Waals surface area (Å²) in [6, 6.07) is 4.30. The van der Waals surface area contributed by atoms with Gasteiger partial charge < -0.3 is 16.0 Å². The topological polar surface area (TPSA) is 105 Å². The van der Waals surface area contributed by atoms with E-state index in [1.165, 1.54) is 6.07 Å². The first kappa shape index (κ1) is 21.3. The normalized spacial score (nSPS) is 16.7. The van der Waals surface area contributed by atoms with Crippen molar-refractivity contribution >= 4 is 17.9 Å². The van der Waals surface area contributed by atoms with Crippen LogP contribution in [-0.4, -0.2) is 16.8 Å². The molecule has 10 heteroatoms. The second-order valence-electron chi connectivity index (χ2n) is 6.84. The number of carbonyl (C=O) groups is 2. The number of fused-ring (bicyclic) bond motifs is 1. The minimum absolute atomic E-state index is 0.0834. The number of carbonyl (C=O) groups excluding carboxylic acids is 2. The molecule has 6 nitrogen and oxygen atoms in total. The summed E-state index contributed by atoms with van der Waals surface area (Å²) in [4.78, 5) is 38.1. The van der Waals surface area contributed by atoms with Gasteiger partial charge in [-0.1, -0.05) is 12.1 Å². The minimum Gasteiger partial charge on any atom is -0.365 e. The number of pyridine rings is 1. The molecule has 1 aromatic heterocycles. The molecule has 1 aromatic carbocycles. The molecule has 0 aliphatic heterocycles. The smallest absolute Gasteiger partial charge is 0.365 e. The van der Waals surface area contributed by atoms with Crippen LogP contribution in [0.2, 0.25) is 0 Å². The third-order valence-corrected chi connectivity index (χ3v) is 4.77. The first-order chi connectivity index (χ1) is 14.1. The SMILES string of the molecule is NC(=O)c1cc2c([nH]c1=O)CCCC2NC(=O)/C(F)=C/c1ccc(C(F)(F)F)cc1. The molecule has 0 spiro atoms. The Kier molecular flexibility index (Phi) is 5.77. The highest BCUT2D eigenvalue weighted by molar-refractivity contribution is 5.96. The molecule has 158 valence electrons. The zero-order chi connectivity index (χ0) is 22.1. The van der Waals surface area contributed by atoms with Crippen molar-refractivity contribution in [3.8, 4) is 0 Å². The number of aromatic amines is 1. The Morgan fingerprint density at radius 3 is 2.47 bits per heavy atom. The fourth-order valence-electron chi connectivity index (χ4n) is 3.28. The Labute approximate surface area is 167 Å². The molecule has 1 aliphatic rings. The molecule has 4 N–H and O–H groups in total. The van der Waals surface area contributed by atoms with Crippen molar-refractivity contribution in [1.82, 2.24) is 10.3 Å². The Bertz CT molecular complexity index is 1070. The number of alkyl halides is 3. The van der Waals surface area contributed by atoms with E-state index in [0.717, 1.165) is 30.3 Å². The zero-order valence-electron chi connectivity index (χ0n) is 15.5. The van der Waals surface area contributed by atoms with Gasteiger partial charge >= 0.3 is 6.18 Å². The molecule has 0 bridgehead atoms. The average Bonchev–Trinajstić information content (AvgIpc) is 2.67. The summed E-state index contributed by atoms with van der Waals surface area (Å²) in [7, 11) is 0. The van der Waals surface area contributed by atoms with Crippen molar-refractivity contribution in [3.63, 3.8) is 0 Å². The second kappa shape index (κ2) is 8.13. The number of hydrogen-bond donors (Lipinski definition) is 3. The second-order valence-corrected chi connectivity index (χ2v) is 6.84. The number of rotatable bonds is 4. The molecular weight excluding hydrogens is 406 g/mol. The van der Waals surface area contributed by atoms with E-state index in [4.69, 9.17) is 5.73 Å². The largest absolute Gasteiger partial charge is 0.416 e. The molecular formula is C20H17F4N3O3. The van der Waals surface area contributed by atoms with Crippen LogP contribution in [0.4, 0.5) is 17.6 Å². The summed E-state index contributed by atoms with van der Waals surface area (Å²) in [6.45, 7) is 0. The number of hydrogen-bond acceptors (Lipinski definition) is 3. The number of aromatic nitrogens is 1. The van der Waals surface area contributed by atoms with Crippen molar-refractivity contribution in [3.05, 3.63) is 74.5 Å². The molecule has 0 saturated carbocycles. The Balaban J connectivity index is 1.80. The lowest BCUT2D eigenvalue weighted by molar-refractivity contribution is -0.137. The highest BCUT2D eigenvalue weighted by Crippen LogP contribution is 2.30. The van der Waals surface area contributed by atoms with Gasteiger partial charge in [0.05, 0.1) is 11.6 Å². The van der Waals surface area contributed by atoms with E-state index in [0.29, 0.717) is 30.5 Å². The van der Waals surface area contributed by atoms with Crippen LogP contribution in [0.5, 0.6) is 0 Å². The van der Waals surface area contributed by atoms with Crippen LogP contribution < -0.4 is 16.6 Å². The fourth-order valence-corrected chi connectivity index (χ4v) is 3.28. The van der Waals surface area contributed by atoms with Crippen molar-refractivity contribution in [2.75, 3.05) is 0 Å². The lowest BCUT2D eigenvalue weighted by Gasteiger charge is -2.26. The van der Waals surface area contributed by atoms with E-state index >= 15 is 0 Å². The maximum absolute atomic E-state index is 14.3. The minimum atomic E-state index is -4.52. The van der Waals surface area contributed by atoms with Gasteiger partial charge in [0, 0.05) is 5.69 Å². The summed E-state index contributed by atoms with van der Waals surface area (Å²) in [5.41, 5.74) is 4.46. The standard InChI is InChI=1S/C20H17F4N3O3/c21-14(8-10-4-6-11(7-5-10)20(22,23)24)19(30)27-16-3-1-2-15-12(16)9-13(17(25)28)18(29)26-15/h4-9,16H,1-3H2,(H2,25,28)(H,26,29)(H,27,30)/b14-8-. The molecule has 2 amide bonds. The molecule has 2 aromatic rings. The van der Waals surface area contributed by atoms with Crippen molar-refractivity contribution in [1.29, 1.82) is 0 Å². The van der Waals surface area contributed by atoms with Gasteiger partial charge in [-0.2, -0.15) is 13.2 Å². The molecule has 1 heterocycles. The summed E-state index contributed by atoms with van der Waals surface area (Å²) >= 11 is 0. The number of H-pyrrole nitrogens is 1. The predicted molar refractivity (Wildman–Crippen MR) is 99.9 cm³/mol. The molecule has 0 fully saturated rings. The lowest BCUT2D eigenvalue weighted by atomic mass is 9.90. The molecule has 0 radical (unpaired) electrons. The van der Waals surface area contributed by atoms with Crippen LogP contribution in [0.15, 0.2) is 41.0 Å². The lowest BCUT2D eigenvalue weighted by Crippen LogP contribution is -2.34. The number of nitrogens with one attached hydrogen (secondary N) is 2. The van der Waals surface area contributed by atoms with E-state index in [1.807, 2.05) is 0 Å². The van der Waals surface area contributed by atoms with Gasteiger partial charge in [-0.25, -0.2) is 4.39 Å². The zero-order valence-corrected chi connectivity index (χ0v) is 15.5. The monoisotopic (exact) mass is 423 g/mol. The van der Waals surface area contributed by atoms with Gasteiger partial charge in [-0.3, -0.25) is 14.4 Å². The van der Waals surface area contributed by atoms with Gasteiger partial charge in [0.25, 0.3) is 17.4 Å². The van der Waals surface area contributed by atoms with Crippen LogP contribution in [0.1, 0.15) is 51.6 Å². The van der Waals surface area contributed by atoms with Gasteiger partial charge in [-0.05, 0) is 54.7 Å². The van der Waals surface area contributed by atoms with Crippen LogP contribution in [0.25, 0.3) is 6.08 Å². The van der Waals surface area contributed by atoms with E-state index in [-0.39, 0.29) is 11.1 Å². The number of primary amides is 1. The van der Waals surface area contributed by atoms with E-state index < -0.39 is 41.0 Å². The Hall–Kier alpha value is -3.43. The van der Waals surface area contributed by atoms with E-state index in [2.05, 4.69) is 10.3 Å². The maximum Gasteiger partial charge on any atom is 0.416 e. The fraction of sp³-hybridized carbons (Fsp3) is 0.250. The van der Waals surface area contributed by atoms with Crippen LogP contribution >= 0.6 is 0 Å². The number of benzene rings is 1. The van der Waals surface area contributed by atoms with Gasteiger partial charge in [-0.15, -0.1) is 0 Å². The van der Waals surface area contributed by atoms with Crippen molar-refractivity contribution < 1.29 is 27.2 Å². The van der Waals surface area contributed by atoms with Gasteiger partial charge in [0.15, 0.2) is 5.83 Å². The first-order valence-corrected chi connectivity index (χ1v) is 8.97. The summed E-state index contributed by atoms with van der Waals surface area (Å²) in [6.07, 6.45) is -2.14. The number of halogens is 4. The maximum atomic E-state index is 14.3. The third kappa shape index (κ3) is 4.58. The first-order valence-electron chi connectivity index (χ1n) is 8.97. The molecule has 1 unspecified atom stereocenters. The molecule has 0 saturated heterocycles. The summed E-state index contributed by atoms with van der Waals surface area (Å²) in [5, 5.41) is 2.48. The highest BCUT2D eigenvalue weighted by atomic mass is 19.4. The van der Waals surface area contributed by atoms with Crippen molar-refractivity contribution in [2.45, 2.75) is 31.5 Å².